The Morgan fingerprint density at radius 1 is 1.07 bits per heavy atom. The van der Waals surface area contributed by atoms with E-state index in [4.69, 9.17) is 5.73 Å². The van der Waals surface area contributed by atoms with Crippen molar-refractivity contribution < 1.29 is 14.0 Å². The molecule has 0 aliphatic carbocycles. The number of carbonyl (C=O) groups is 2. The second kappa shape index (κ2) is 7.71. The van der Waals surface area contributed by atoms with Crippen molar-refractivity contribution in [1.29, 1.82) is 0 Å². The summed E-state index contributed by atoms with van der Waals surface area (Å²) < 4.78 is 13.2. The lowest BCUT2D eigenvalue weighted by Gasteiger charge is -2.20. The molecule has 1 aliphatic heterocycles. The van der Waals surface area contributed by atoms with Gasteiger partial charge in [-0.3, -0.25) is 14.6 Å². The minimum Gasteiger partial charge on any atom is -0.368 e. The summed E-state index contributed by atoms with van der Waals surface area (Å²) in [5.74, 6) is -1.37. The predicted molar refractivity (Wildman–Crippen MR) is 110 cm³/mol. The zero-order valence-electron chi connectivity index (χ0n) is 15.5. The average molecular weight is 390 g/mol. The Balaban J connectivity index is 1.52. The van der Waals surface area contributed by atoms with Gasteiger partial charge in [0.15, 0.2) is 0 Å². The van der Waals surface area contributed by atoms with E-state index in [0.717, 1.165) is 16.3 Å². The Hall–Kier alpha value is -3.74. The van der Waals surface area contributed by atoms with Gasteiger partial charge in [0.1, 0.15) is 17.6 Å². The van der Waals surface area contributed by atoms with E-state index in [-0.39, 0.29) is 18.0 Å². The van der Waals surface area contributed by atoms with Gasteiger partial charge in [-0.25, -0.2) is 4.39 Å². The van der Waals surface area contributed by atoms with Gasteiger partial charge in [0.05, 0.1) is 5.69 Å². The van der Waals surface area contributed by atoms with Gasteiger partial charge in [0, 0.05) is 13.0 Å². The van der Waals surface area contributed by atoms with Crippen LogP contribution >= 0.6 is 0 Å². The number of anilines is 1. The van der Waals surface area contributed by atoms with E-state index >= 15 is 0 Å². The third-order valence-corrected chi connectivity index (χ3v) is 4.91. The van der Waals surface area contributed by atoms with Crippen LogP contribution in [0.1, 0.15) is 12.0 Å². The molecular formula is C22H19FN4O2. The highest BCUT2D eigenvalue weighted by atomic mass is 19.1. The molecular weight excluding hydrogens is 371 g/mol. The number of nitrogens with one attached hydrogen (secondary N) is 1. The van der Waals surface area contributed by atoms with E-state index in [1.54, 1.807) is 0 Å². The van der Waals surface area contributed by atoms with Crippen LogP contribution in [0.3, 0.4) is 0 Å². The van der Waals surface area contributed by atoms with E-state index in [0.29, 0.717) is 12.2 Å². The summed E-state index contributed by atoms with van der Waals surface area (Å²) in [7, 11) is 0. The van der Waals surface area contributed by atoms with Crippen LogP contribution in [0.25, 0.3) is 10.8 Å². The van der Waals surface area contributed by atoms with Crippen LogP contribution in [0.2, 0.25) is 0 Å². The first-order valence-electron chi connectivity index (χ1n) is 9.19. The maximum atomic E-state index is 13.2. The third kappa shape index (κ3) is 3.80. The third-order valence-electron chi connectivity index (χ3n) is 4.91. The van der Waals surface area contributed by atoms with Crippen LogP contribution in [0, 0.1) is 5.82 Å². The van der Waals surface area contributed by atoms with Gasteiger partial charge < -0.3 is 11.1 Å². The first-order chi connectivity index (χ1) is 14.0. The zero-order valence-corrected chi connectivity index (χ0v) is 15.5. The molecule has 4 rings (SSSR count). The highest BCUT2D eigenvalue weighted by Crippen LogP contribution is 2.25. The number of hydrogen-bond acceptors (Lipinski definition) is 4. The number of benzene rings is 3. The average Bonchev–Trinajstić information content (AvgIpc) is 3.18. The van der Waals surface area contributed by atoms with Crippen LogP contribution in [0.15, 0.2) is 71.8 Å². The number of hydrogen-bond donors (Lipinski definition) is 2. The Bertz CT molecular complexity index is 1110. The highest BCUT2D eigenvalue weighted by molar-refractivity contribution is 6.40. The summed E-state index contributed by atoms with van der Waals surface area (Å²) in [6, 6.07) is 18.6. The molecule has 0 saturated carbocycles. The van der Waals surface area contributed by atoms with E-state index < -0.39 is 17.8 Å². The lowest BCUT2D eigenvalue weighted by atomic mass is 10.0. The molecule has 7 heteroatoms. The largest absolute Gasteiger partial charge is 0.368 e. The second-order valence-corrected chi connectivity index (χ2v) is 6.81. The number of amides is 2. The molecule has 1 atom stereocenters. The Labute approximate surface area is 166 Å². The molecule has 0 bridgehead atoms. The molecule has 29 heavy (non-hydrogen) atoms. The lowest BCUT2D eigenvalue weighted by Crippen LogP contribution is -2.39. The van der Waals surface area contributed by atoms with Crippen molar-refractivity contribution in [2.75, 3.05) is 5.01 Å². The maximum Gasteiger partial charge on any atom is 0.267 e. The lowest BCUT2D eigenvalue weighted by molar-refractivity contribution is -0.119. The van der Waals surface area contributed by atoms with Crippen LogP contribution in [0.5, 0.6) is 0 Å². The van der Waals surface area contributed by atoms with Gasteiger partial charge in [0.2, 0.25) is 5.91 Å². The Morgan fingerprint density at radius 3 is 2.55 bits per heavy atom. The zero-order chi connectivity index (χ0) is 20.4. The standard InChI is InChI=1S/C22H19FN4O2/c23-16-8-10-17(11-9-16)27-20(21(24)28)12-19(26-27)22(29)25-13-15-6-3-5-14-4-1-2-7-18(14)15/h1-11,20H,12-13H2,(H2,24,28)(H,25,29)/t20-/m1/s1. The smallest absolute Gasteiger partial charge is 0.267 e. The van der Waals surface area contributed by atoms with Crippen molar-refractivity contribution in [3.05, 3.63) is 78.1 Å². The number of carbonyl (C=O) groups excluding carboxylic acids is 2. The van der Waals surface area contributed by atoms with E-state index in [9.17, 15) is 14.0 Å². The Morgan fingerprint density at radius 2 is 1.79 bits per heavy atom. The number of halogens is 1. The van der Waals surface area contributed by atoms with Crippen molar-refractivity contribution in [1.82, 2.24) is 5.32 Å². The molecule has 0 spiro atoms. The topological polar surface area (TPSA) is 87.8 Å². The van der Waals surface area contributed by atoms with Gasteiger partial charge in [-0.2, -0.15) is 5.10 Å². The van der Waals surface area contributed by atoms with Crippen molar-refractivity contribution in [3.63, 3.8) is 0 Å². The number of primary amides is 1. The second-order valence-electron chi connectivity index (χ2n) is 6.81. The molecule has 0 unspecified atom stereocenters. The summed E-state index contributed by atoms with van der Waals surface area (Å²) in [5, 5.41) is 10.7. The first-order valence-corrected chi connectivity index (χ1v) is 9.19. The molecule has 2 amide bonds. The Kier molecular flexibility index (Phi) is 4.95. The van der Waals surface area contributed by atoms with E-state index in [1.807, 2.05) is 42.5 Å². The van der Waals surface area contributed by atoms with Gasteiger partial charge in [-0.15, -0.1) is 0 Å². The summed E-state index contributed by atoms with van der Waals surface area (Å²) in [6.45, 7) is 0.330. The summed E-state index contributed by atoms with van der Waals surface area (Å²) in [4.78, 5) is 24.5. The molecule has 6 nitrogen and oxygen atoms in total. The van der Waals surface area contributed by atoms with Crippen LogP contribution in [0.4, 0.5) is 10.1 Å². The number of hydrazone groups is 1. The van der Waals surface area contributed by atoms with Crippen molar-refractivity contribution in [3.8, 4) is 0 Å². The van der Waals surface area contributed by atoms with Gasteiger partial charge >= 0.3 is 0 Å². The highest BCUT2D eigenvalue weighted by Gasteiger charge is 2.34. The SMILES string of the molecule is NC(=O)[C@H]1CC(C(=O)NCc2cccc3ccccc23)=NN1c1ccc(F)cc1. The maximum absolute atomic E-state index is 13.2. The molecule has 0 radical (unpaired) electrons. The van der Waals surface area contributed by atoms with Gasteiger partial charge in [-0.05, 0) is 40.6 Å². The van der Waals surface area contributed by atoms with Crippen LogP contribution in [-0.2, 0) is 16.1 Å². The summed E-state index contributed by atoms with van der Waals surface area (Å²) in [5.41, 5.74) is 7.17. The minimum atomic E-state index is -0.793. The molecule has 3 N–H and O–H groups in total. The predicted octanol–water partition coefficient (Wildman–Crippen LogP) is 2.72. The first kappa shape index (κ1) is 18.6. The molecule has 3 aromatic rings. The van der Waals surface area contributed by atoms with E-state index in [1.165, 1.54) is 29.3 Å². The molecule has 146 valence electrons. The fraction of sp³-hybridized carbons (Fsp3) is 0.136. The number of rotatable bonds is 5. The molecule has 0 fully saturated rings. The van der Waals surface area contributed by atoms with Gasteiger partial charge in [-0.1, -0.05) is 42.5 Å². The normalized spacial score (nSPS) is 16.0. The van der Waals surface area contributed by atoms with Crippen molar-refractivity contribution >= 4 is 34.0 Å². The van der Waals surface area contributed by atoms with Crippen molar-refractivity contribution in [2.24, 2.45) is 10.8 Å². The van der Waals surface area contributed by atoms with Crippen molar-refractivity contribution in [2.45, 2.75) is 19.0 Å². The number of fused-ring (bicyclic) bond motifs is 1. The number of nitrogens with zero attached hydrogens (tertiary/aromatic N) is 2. The van der Waals surface area contributed by atoms with Crippen LogP contribution < -0.4 is 16.1 Å². The molecule has 0 aromatic heterocycles. The fourth-order valence-corrected chi connectivity index (χ4v) is 3.43. The fourth-order valence-electron chi connectivity index (χ4n) is 3.43. The summed E-state index contributed by atoms with van der Waals surface area (Å²) >= 11 is 0. The molecule has 3 aromatic carbocycles. The number of nitrogens with two attached hydrogens (primary N) is 1. The summed E-state index contributed by atoms with van der Waals surface area (Å²) in [6.07, 6.45) is 0.0913. The van der Waals surface area contributed by atoms with E-state index in [2.05, 4.69) is 10.4 Å². The molecule has 1 aliphatic rings. The van der Waals surface area contributed by atoms with Gasteiger partial charge in [0.25, 0.3) is 5.91 Å². The molecule has 1 heterocycles. The minimum absolute atomic E-state index is 0.0913. The van der Waals surface area contributed by atoms with Crippen LogP contribution in [-0.4, -0.2) is 23.6 Å². The monoisotopic (exact) mass is 390 g/mol. The molecule has 0 saturated heterocycles. The quantitative estimate of drug-likeness (QED) is 0.702.